The van der Waals surface area contributed by atoms with Crippen LogP contribution in [0.25, 0.3) is 11.2 Å². The van der Waals surface area contributed by atoms with Gasteiger partial charge < -0.3 is 16.0 Å². The van der Waals surface area contributed by atoms with Crippen LogP contribution >= 0.6 is 0 Å². The summed E-state index contributed by atoms with van der Waals surface area (Å²) in [5.41, 5.74) is 8.80. The van der Waals surface area contributed by atoms with Gasteiger partial charge in [-0.3, -0.25) is 4.57 Å². The summed E-state index contributed by atoms with van der Waals surface area (Å²) in [5, 5.41) is 3.18. The Morgan fingerprint density at radius 1 is 1.29 bits per heavy atom. The van der Waals surface area contributed by atoms with Crippen LogP contribution in [0, 0.1) is 6.92 Å². The normalized spacial score (nSPS) is 11.1. The zero-order valence-electron chi connectivity index (χ0n) is 13.7. The van der Waals surface area contributed by atoms with Gasteiger partial charge in [0.15, 0.2) is 5.65 Å². The van der Waals surface area contributed by atoms with Crippen molar-refractivity contribution in [3.63, 3.8) is 0 Å². The van der Waals surface area contributed by atoms with E-state index in [0.29, 0.717) is 30.2 Å². The molecule has 7 heteroatoms. The molecular formula is C17H22N6O. The number of anilines is 1. The fourth-order valence-corrected chi connectivity index (χ4v) is 2.60. The number of hydrogen-bond acceptors (Lipinski definition) is 5. The largest absolute Gasteiger partial charge is 0.354 e. The number of aryl methyl sites for hydroxylation is 1. The van der Waals surface area contributed by atoms with Crippen molar-refractivity contribution >= 4 is 17.1 Å². The molecule has 0 aliphatic heterocycles. The topological polar surface area (TPSA) is 102 Å². The highest BCUT2D eigenvalue weighted by Gasteiger charge is 2.11. The summed E-state index contributed by atoms with van der Waals surface area (Å²) in [6.45, 7) is 3.95. The van der Waals surface area contributed by atoms with Gasteiger partial charge in [-0.2, -0.15) is 4.98 Å². The maximum absolute atomic E-state index is 12.3. The fraction of sp³-hybridized carbons (Fsp3) is 0.353. The van der Waals surface area contributed by atoms with Gasteiger partial charge in [-0.25, -0.2) is 9.78 Å². The van der Waals surface area contributed by atoms with Crippen molar-refractivity contribution in [2.75, 3.05) is 18.4 Å². The van der Waals surface area contributed by atoms with Gasteiger partial charge >= 0.3 is 5.69 Å². The molecule has 2 aromatic heterocycles. The summed E-state index contributed by atoms with van der Waals surface area (Å²) in [6, 6.07) is 8.02. The van der Waals surface area contributed by atoms with E-state index in [4.69, 9.17) is 5.73 Å². The summed E-state index contributed by atoms with van der Waals surface area (Å²) in [7, 11) is 0. The molecule has 0 unspecified atom stereocenters. The van der Waals surface area contributed by atoms with Gasteiger partial charge in [0.25, 0.3) is 0 Å². The van der Waals surface area contributed by atoms with Crippen LogP contribution in [-0.4, -0.2) is 32.6 Å². The van der Waals surface area contributed by atoms with Crippen molar-refractivity contribution in [2.45, 2.75) is 26.3 Å². The molecule has 0 radical (unpaired) electrons. The van der Waals surface area contributed by atoms with E-state index in [2.05, 4.69) is 20.3 Å². The van der Waals surface area contributed by atoms with E-state index in [1.165, 1.54) is 0 Å². The average molecular weight is 326 g/mol. The summed E-state index contributed by atoms with van der Waals surface area (Å²) in [4.78, 5) is 23.8. The molecule has 1 aromatic carbocycles. The Labute approximate surface area is 139 Å². The lowest BCUT2D eigenvalue weighted by Crippen LogP contribution is -2.18. The first-order chi connectivity index (χ1) is 11.7. The molecule has 0 aliphatic carbocycles. The molecule has 0 spiro atoms. The third-order valence-corrected chi connectivity index (χ3v) is 4.01. The maximum atomic E-state index is 12.3. The van der Waals surface area contributed by atoms with Gasteiger partial charge in [-0.05, 0) is 37.4 Å². The van der Waals surface area contributed by atoms with Crippen LogP contribution in [0.1, 0.15) is 24.0 Å². The summed E-state index contributed by atoms with van der Waals surface area (Å²) in [6.07, 6.45) is 3.56. The second kappa shape index (κ2) is 7.27. The number of nitrogens with two attached hydrogens (primary N) is 1. The Morgan fingerprint density at radius 3 is 2.92 bits per heavy atom. The van der Waals surface area contributed by atoms with Gasteiger partial charge in [-0.15, -0.1) is 0 Å². The number of unbranched alkanes of at least 4 members (excludes halogenated alkanes) is 1. The van der Waals surface area contributed by atoms with Crippen LogP contribution in [-0.2, 0) is 6.54 Å². The van der Waals surface area contributed by atoms with Gasteiger partial charge in [-0.1, -0.05) is 24.3 Å². The van der Waals surface area contributed by atoms with E-state index < -0.39 is 0 Å². The second-order valence-corrected chi connectivity index (χ2v) is 5.80. The third-order valence-electron chi connectivity index (χ3n) is 4.01. The number of imidazole rings is 1. The van der Waals surface area contributed by atoms with Gasteiger partial charge in [0.2, 0.25) is 5.95 Å². The van der Waals surface area contributed by atoms with E-state index in [0.717, 1.165) is 30.5 Å². The second-order valence-electron chi connectivity index (χ2n) is 5.80. The number of aromatic nitrogens is 4. The molecule has 0 saturated heterocycles. The minimum absolute atomic E-state index is 0.178. The first-order valence-electron chi connectivity index (χ1n) is 8.13. The lowest BCUT2D eigenvalue weighted by Gasteiger charge is -2.07. The van der Waals surface area contributed by atoms with Crippen LogP contribution in [0.3, 0.4) is 0 Å². The van der Waals surface area contributed by atoms with E-state index in [1.807, 2.05) is 31.2 Å². The Balaban J connectivity index is 1.88. The van der Waals surface area contributed by atoms with Crippen molar-refractivity contribution in [2.24, 2.45) is 5.73 Å². The van der Waals surface area contributed by atoms with E-state index in [9.17, 15) is 4.79 Å². The molecule has 3 rings (SSSR count). The van der Waals surface area contributed by atoms with Crippen molar-refractivity contribution < 1.29 is 0 Å². The minimum atomic E-state index is -0.178. The molecule has 0 amide bonds. The monoisotopic (exact) mass is 326 g/mol. The van der Waals surface area contributed by atoms with Gasteiger partial charge in [0.05, 0.1) is 12.7 Å². The van der Waals surface area contributed by atoms with Crippen molar-refractivity contribution in [1.82, 2.24) is 19.5 Å². The first kappa shape index (κ1) is 16.2. The van der Waals surface area contributed by atoms with E-state index in [1.54, 1.807) is 10.8 Å². The summed E-state index contributed by atoms with van der Waals surface area (Å²) in [5.74, 6) is 0.525. The third kappa shape index (κ3) is 3.46. The summed E-state index contributed by atoms with van der Waals surface area (Å²) >= 11 is 0. The van der Waals surface area contributed by atoms with Crippen molar-refractivity contribution in [1.29, 1.82) is 0 Å². The number of nitrogens with zero attached hydrogens (tertiary/aromatic N) is 3. The molecule has 3 aromatic rings. The number of nitrogens with one attached hydrogen (secondary N) is 2. The van der Waals surface area contributed by atoms with Crippen LogP contribution in [0.2, 0.25) is 0 Å². The number of hydrogen-bond donors (Lipinski definition) is 3. The Kier molecular flexibility index (Phi) is 4.90. The minimum Gasteiger partial charge on any atom is -0.354 e. The number of fused-ring (bicyclic) bond motifs is 1. The van der Waals surface area contributed by atoms with Crippen molar-refractivity contribution in [3.05, 3.63) is 52.1 Å². The molecule has 126 valence electrons. The molecule has 0 fully saturated rings. The smallest absolute Gasteiger partial charge is 0.328 e. The van der Waals surface area contributed by atoms with Crippen LogP contribution in [0.5, 0.6) is 0 Å². The Bertz CT molecular complexity index is 882. The SMILES string of the molecule is Cc1ccccc1Cn1c(=O)[nH]c2cnc(NCCCCN)nc21. The van der Waals surface area contributed by atoms with E-state index >= 15 is 0 Å². The highest BCUT2D eigenvalue weighted by atomic mass is 16.1. The van der Waals surface area contributed by atoms with Crippen LogP contribution < -0.4 is 16.7 Å². The zero-order valence-corrected chi connectivity index (χ0v) is 13.7. The van der Waals surface area contributed by atoms with E-state index in [-0.39, 0.29) is 5.69 Å². The predicted molar refractivity (Wildman–Crippen MR) is 95.2 cm³/mol. The highest BCUT2D eigenvalue weighted by molar-refractivity contribution is 5.71. The standard InChI is InChI=1S/C17H22N6O/c1-12-6-2-3-7-13(12)11-23-15-14(21-17(23)24)10-20-16(22-15)19-9-5-4-8-18/h2-3,6-7,10H,4-5,8-9,11,18H2,1H3,(H,21,24)(H,19,20,22). The van der Waals surface area contributed by atoms with Crippen LogP contribution in [0.15, 0.2) is 35.3 Å². The molecule has 2 heterocycles. The van der Waals surface area contributed by atoms with Gasteiger partial charge in [0, 0.05) is 6.54 Å². The number of H-pyrrole nitrogens is 1. The quantitative estimate of drug-likeness (QED) is 0.573. The first-order valence-corrected chi connectivity index (χ1v) is 8.13. The Hall–Kier alpha value is -2.67. The molecular weight excluding hydrogens is 304 g/mol. The lowest BCUT2D eigenvalue weighted by molar-refractivity contribution is 0.764. The lowest BCUT2D eigenvalue weighted by atomic mass is 10.1. The fourth-order valence-electron chi connectivity index (χ4n) is 2.60. The number of benzene rings is 1. The molecule has 0 saturated carbocycles. The Morgan fingerprint density at radius 2 is 2.12 bits per heavy atom. The number of rotatable bonds is 7. The molecule has 7 nitrogen and oxygen atoms in total. The average Bonchev–Trinajstić information content (AvgIpc) is 2.89. The molecule has 4 N–H and O–H groups in total. The van der Waals surface area contributed by atoms with Crippen molar-refractivity contribution in [3.8, 4) is 0 Å². The van der Waals surface area contributed by atoms with Crippen LogP contribution in [0.4, 0.5) is 5.95 Å². The summed E-state index contributed by atoms with van der Waals surface area (Å²) < 4.78 is 1.64. The number of aromatic amines is 1. The zero-order chi connectivity index (χ0) is 16.9. The highest BCUT2D eigenvalue weighted by Crippen LogP contribution is 2.13. The molecule has 24 heavy (non-hydrogen) atoms. The maximum Gasteiger partial charge on any atom is 0.328 e. The molecule has 0 bridgehead atoms. The molecule has 0 aliphatic rings. The molecule has 0 atom stereocenters. The van der Waals surface area contributed by atoms with Gasteiger partial charge in [0.1, 0.15) is 5.52 Å². The predicted octanol–water partition coefficient (Wildman–Crippen LogP) is 1.63.